The molecule has 0 aliphatic carbocycles. The van der Waals surface area contributed by atoms with Crippen molar-refractivity contribution in [3.8, 4) is 0 Å². The lowest BCUT2D eigenvalue weighted by Gasteiger charge is -2.19. The summed E-state index contributed by atoms with van der Waals surface area (Å²) < 4.78 is 4.97. The zero-order valence-electron chi connectivity index (χ0n) is 16.9. The first kappa shape index (κ1) is 22.6. The molecule has 8 nitrogen and oxygen atoms in total. The average molecular weight is 411 g/mol. The van der Waals surface area contributed by atoms with Crippen molar-refractivity contribution in [2.45, 2.75) is 32.4 Å². The number of carbonyl (C=O) groups is 4. The predicted molar refractivity (Wildman–Crippen MR) is 110 cm³/mol. The van der Waals surface area contributed by atoms with Crippen LogP contribution in [0.2, 0.25) is 0 Å². The highest BCUT2D eigenvalue weighted by Crippen LogP contribution is 2.18. The third-order valence-corrected chi connectivity index (χ3v) is 3.95. The van der Waals surface area contributed by atoms with E-state index < -0.39 is 30.6 Å². The number of hydrogen-bond acceptors (Lipinski definition) is 5. The lowest BCUT2D eigenvalue weighted by atomic mass is 10.0. The zero-order chi connectivity index (χ0) is 21.9. The summed E-state index contributed by atoms with van der Waals surface area (Å²) in [6.45, 7) is 2.90. The van der Waals surface area contributed by atoms with Gasteiger partial charge in [0, 0.05) is 11.6 Å². The summed E-state index contributed by atoms with van der Waals surface area (Å²) in [6, 6.07) is 16.2. The van der Waals surface area contributed by atoms with Crippen LogP contribution in [0.3, 0.4) is 0 Å². The van der Waals surface area contributed by atoms with Crippen molar-refractivity contribution in [2.75, 3.05) is 6.61 Å². The maximum atomic E-state index is 12.5. The molecule has 158 valence electrons. The van der Waals surface area contributed by atoms with Gasteiger partial charge in [-0.15, -0.1) is 0 Å². The quantitative estimate of drug-likeness (QED) is 0.577. The first-order chi connectivity index (χ1) is 14.3. The largest absolute Gasteiger partial charge is 0.455 e. The van der Waals surface area contributed by atoms with Gasteiger partial charge in [-0.25, -0.2) is 4.79 Å². The number of benzene rings is 2. The average Bonchev–Trinajstić information content (AvgIpc) is 2.72. The maximum absolute atomic E-state index is 12.5. The summed E-state index contributed by atoms with van der Waals surface area (Å²) in [7, 11) is 0. The van der Waals surface area contributed by atoms with Gasteiger partial charge < -0.3 is 15.4 Å². The molecular formula is C22H25N3O5. The molecule has 0 unspecified atom stereocenters. The second kappa shape index (κ2) is 11.4. The third kappa shape index (κ3) is 7.75. The Morgan fingerprint density at radius 1 is 0.867 bits per heavy atom. The van der Waals surface area contributed by atoms with E-state index in [1.807, 2.05) is 6.07 Å². The van der Waals surface area contributed by atoms with Gasteiger partial charge in [-0.3, -0.25) is 19.7 Å². The standard InChI is InChI=1S/C22H25N3O5/c1-15(2)23-22(29)25-19(26)14-30-20(27)13-18(16-9-5-3-6-10-16)24-21(28)17-11-7-4-8-12-17/h3-12,15,18H,13-14H2,1-2H3,(H,24,28)(H2,23,25,26,29)/t18-/m0/s1. The van der Waals surface area contributed by atoms with Crippen molar-refractivity contribution in [1.29, 1.82) is 0 Å². The van der Waals surface area contributed by atoms with Gasteiger partial charge in [-0.05, 0) is 31.5 Å². The van der Waals surface area contributed by atoms with E-state index in [0.29, 0.717) is 5.56 Å². The minimum absolute atomic E-state index is 0.139. The number of hydrogen-bond donors (Lipinski definition) is 3. The minimum Gasteiger partial charge on any atom is -0.455 e. The van der Waals surface area contributed by atoms with Gasteiger partial charge in [-0.2, -0.15) is 0 Å². The number of nitrogens with one attached hydrogen (secondary N) is 3. The molecule has 0 radical (unpaired) electrons. The molecule has 0 fully saturated rings. The Balaban J connectivity index is 1.95. The van der Waals surface area contributed by atoms with Crippen LogP contribution >= 0.6 is 0 Å². The lowest BCUT2D eigenvalue weighted by molar-refractivity contribution is -0.148. The van der Waals surface area contributed by atoms with Crippen molar-refractivity contribution in [2.24, 2.45) is 0 Å². The number of rotatable bonds is 8. The van der Waals surface area contributed by atoms with Crippen LogP contribution in [0.5, 0.6) is 0 Å². The molecule has 0 saturated carbocycles. The Morgan fingerprint density at radius 2 is 1.47 bits per heavy atom. The highest BCUT2D eigenvalue weighted by atomic mass is 16.5. The highest BCUT2D eigenvalue weighted by molar-refractivity contribution is 5.96. The molecule has 4 amide bonds. The summed E-state index contributed by atoms with van der Waals surface area (Å²) in [5.74, 6) is -1.76. The maximum Gasteiger partial charge on any atom is 0.321 e. The monoisotopic (exact) mass is 411 g/mol. The van der Waals surface area contributed by atoms with E-state index >= 15 is 0 Å². The van der Waals surface area contributed by atoms with Crippen LogP contribution in [0.4, 0.5) is 4.79 Å². The van der Waals surface area contributed by atoms with Crippen LogP contribution in [0.15, 0.2) is 60.7 Å². The normalized spacial score (nSPS) is 11.3. The fraction of sp³-hybridized carbons (Fsp3) is 0.273. The van der Waals surface area contributed by atoms with Crippen molar-refractivity contribution < 1.29 is 23.9 Å². The van der Waals surface area contributed by atoms with Gasteiger partial charge in [0.05, 0.1) is 12.5 Å². The van der Waals surface area contributed by atoms with Gasteiger partial charge in [0.2, 0.25) is 0 Å². The molecule has 0 bridgehead atoms. The van der Waals surface area contributed by atoms with Gasteiger partial charge in [-0.1, -0.05) is 48.5 Å². The van der Waals surface area contributed by atoms with Gasteiger partial charge in [0.1, 0.15) is 0 Å². The number of urea groups is 1. The molecule has 30 heavy (non-hydrogen) atoms. The van der Waals surface area contributed by atoms with Crippen LogP contribution < -0.4 is 16.0 Å². The van der Waals surface area contributed by atoms with Gasteiger partial charge in [0.25, 0.3) is 11.8 Å². The van der Waals surface area contributed by atoms with Crippen LogP contribution in [0.25, 0.3) is 0 Å². The van der Waals surface area contributed by atoms with Crippen LogP contribution in [-0.2, 0) is 14.3 Å². The Bertz CT molecular complexity index is 869. The molecule has 0 spiro atoms. The molecule has 2 aromatic rings. The summed E-state index contributed by atoms with van der Waals surface area (Å²) in [5, 5.41) is 7.38. The van der Waals surface area contributed by atoms with Crippen LogP contribution in [0, 0.1) is 0 Å². The molecular weight excluding hydrogens is 386 g/mol. The van der Waals surface area contributed by atoms with E-state index in [1.54, 1.807) is 68.4 Å². The molecule has 0 heterocycles. The molecule has 3 N–H and O–H groups in total. The number of imide groups is 1. The van der Waals surface area contributed by atoms with Crippen LogP contribution in [-0.4, -0.2) is 36.5 Å². The third-order valence-electron chi connectivity index (χ3n) is 3.95. The van der Waals surface area contributed by atoms with Crippen molar-refractivity contribution >= 4 is 23.8 Å². The van der Waals surface area contributed by atoms with E-state index in [9.17, 15) is 19.2 Å². The fourth-order valence-corrected chi connectivity index (χ4v) is 2.60. The molecule has 0 aromatic heterocycles. The van der Waals surface area contributed by atoms with Crippen molar-refractivity contribution in [3.05, 3.63) is 71.8 Å². The Morgan fingerprint density at radius 3 is 2.07 bits per heavy atom. The molecule has 2 rings (SSSR count). The van der Waals surface area contributed by atoms with E-state index in [2.05, 4.69) is 16.0 Å². The lowest BCUT2D eigenvalue weighted by Crippen LogP contribution is -2.44. The zero-order valence-corrected chi connectivity index (χ0v) is 16.9. The number of amides is 4. The number of ether oxygens (including phenoxy) is 1. The summed E-state index contributed by atoms with van der Waals surface area (Å²) in [5.41, 5.74) is 1.18. The first-order valence-corrected chi connectivity index (χ1v) is 9.52. The Labute approximate surface area is 175 Å². The van der Waals surface area contributed by atoms with Crippen molar-refractivity contribution in [1.82, 2.24) is 16.0 Å². The van der Waals surface area contributed by atoms with E-state index in [-0.39, 0.29) is 18.4 Å². The smallest absolute Gasteiger partial charge is 0.321 e. The summed E-state index contributed by atoms with van der Waals surface area (Å²) in [6.07, 6.45) is -0.173. The van der Waals surface area contributed by atoms with Crippen LogP contribution in [0.1, 0.15) is 42.2 Å². The summed E-state index contributed by atoms with van der Waals surface area (Å²) >= 11 is 0. The van der Waals surface area contributed by atoms with E-state index in [4.69, 9.17) is 4.74 Å². The highest BCUT2D eigenvalue weighted by Gasteiger charge is 2.21. The van der Waals surface area contributed by atoms with Crippen molar-refractivity contribution in [3.63, 3.8) is 0 Å². The Hall–Kier alpha value is -3.68. The van der Waals surface area contributed by atoms with Gasteiger partial charge >= 0.3 is 12.0 Å². The number of carbonyl (C=O) groups excluding carboxylic acids is 4. The molecule has 0 aliphatic rings. The van der Waals surface area contributed by atoms with E-state index in [0.717, 1.165) is 5.56 Å². The molecule has 1 atom stereocenters. The van der Waals surface area contributed by atoms with Gasteiger partial charge in [0.15, 0.2) is 6.61 Å². The Kier molecular flexibility index (Phi) is 8.56. The second-order valence-corrected chi connectivity index (χ2v) is 6.84. The first-order valence-electron chi connectivity index (χ1n) is 9.52. The van der Waals surface area contributed by atoms with E-state index in [1.165, 1.54) is 0 Å². The fourth-order valence-electron chi connectivity index (χ4n) is 2.60. The topological polar surface area (TPSA) is 114 Å². The predicted octanol–water partition coefficient (Wildman–Crippen LogP) is 2.33. The molecule has 2 aromatic carbocycles. The molecule has 0 aliphatic heterocycles. The minimum atomic E-state index is -0.744. The second-order valence-electron chi connectivity index (χ2n) is 6.84. The number of esters is 1. The summed E-state index contributed by atoms with van der Waals surface area (Å²) in [4.78, 5) is 48.0. The molecule has 8 heteroatoms. The molecule has 0 saturated heterocycles. The SMILES string of the molecule is CC(C)NC(=O)NC(=O)COC(=O)C[C@H](NC(=O)c1ccccc1)c1ccccc1.